The van der Waals surface area contributed by atoms with Crippen molar-refractivity contribution in [2.45, 2.75) is 20.8 Å². The van der Waals surface area contributed by atoms with Crippen LogP contribution in [0.3, 0.4) is 0 Å². The number of para-hydroxylation sites is 2. The van der Waals surface area contributed by atoms with E-state index in [-0.39, 0.29) is 0 Å². The zero-order valence-corrected chi connectivity index (χ0v) is 15.7. The molecule has 4 rings (SSSR count). The lowest BCUT2D eigenvalue weighted by Gasteiger charge is -2.28. The van der Waals surface area contributed by atoms with Crippen molar-refractivity contribution >= 4 is 33.5 Å². The first-order chi connectivity index (χ1) is 12.7. The topological polar surface area (TPSA) is 19.7 Å². The van der Waals surface area contributed by atoms with Crippen LogP contribution in [0.25, 0.3) is 16.4 Å². The summed E-state index contributed by atoms with van der Waals surface area (Å²) in [6.07, 6.45) is 2.15. The van der Waals surface area contributed by atoms with E-state index >= 15 is 0 Å². The Labute approximate surface area is 154 Å². The fourth-order valence-corrected chi connectivity index (χ4v) is 3.77. The van der Waals surface area contributed by atoms with Gasteiger partial charge >= 0.3 is 0 Å². The van der Waals surface area contributed by atoms with Crippen LogP contribution in [-0.2, 0) is 0 Å². The Bertz CT molecular complexity index is 1060. The largest absolute Gasteiger partial charge is 0.370 e. The van der Waals surface area contributed by atoms with Crippen molar-refractivity contribution < 1.29 is 0 Å². The predicted octanol–water partition coefficient (Wildman–Crippen LogP) is 5.99. The van der Waals surface area contributed by atoms with Crippen molar-refractivity contribution in [1.82, 2.24) is 4.40 Å². The van der Waals surface area contributed by atoms with Crippen molar-refractivity contribution in [2.75, 3.05) is 23.3 Å². The first kappa shape index (κ1) is 16.5. The molecule has 0 bridgehead atoms. The number of aryl methyl sites for hydroxylation is 1. The molecule has 26 heavy (non-hydrogen) atoms. The van der Waals surface area contributed by atoms with Gasteiger partial charge in [0.05, 0.1) is 22.4 Å². The molecule has 2 aromatic heterocycles. The van der Waals surface area contributed by atoms with Crippen LogP contribution in [0.1, 0.15) is 19.4 Å². The van der Waals surface area contributed by atoms with Gasteiger partial charge in [-0.2, -0.15) is 0 Å². The van der Waals surface area contributed by atoms with Gasteiger partial charge in [0, 0.05) is 30.4 Å². The van der Waals surface area contributed by atoms with E-state index < -0.39 is 0 Å². The maximum absolute atomic E-state index is 3.75. The summed E-state index contributed by atoms with van der Waals surface area (Å²) in [7, 11) is 0. The SMILES string of the molecule is CCN(CC)c1c(Nc2ccccc2C)c2cccn2c2ccccc12. The molecule has 0 unspecified atom stereocenters. The minimum absolute atomic E-state index is 0.972. The zero-order valence-electron chi connectivity index (χ0n) is 15.7. The third kappa shape index (κ3) is 2.60. The molecule has 2 aromatic carbocycles. The highest BCUT2D eigenvalue weighted by atomic mass is 15.1. The second-order valence-electron chi connectivity index (χ2n) is 6.62. The van der Waals surface area contributed by atoms with Crippen LogP contribution in [-0.4, -0.2) is 17.5 Å². The van der Waals surface area contributed by atoms with Gasteiger partial charge in [-0.25, -0.2) is 0 Å². The number of fused-ring (bicyclic) bond motifs is 3. The molecular formula is C23H25N3. The molecule has 3 nitrogen and oxygen atoms in total. The van der Waals surface area contributed by atoms with E-state index in [9.17, 15) is 0 Å². The van der Waals surface area contributed by atoms with Gasteiger partial charge in [-0.3, -0.25) is 0 Å². The quantitative estimate of drug-likeness (QED) is 0.480. The maximum atomic E-state index is 3.75. The molecule has 0 spiro atoms. The second kappa shape index (κ2) is 6.75. The molecule has 0 saturated carbocycles. The standard InChI is InChI=1S/C23H25N3/c1-4-25(5-2)23-18-12-7-9-14-20(18)26-16-10-15-21(26)22(23)24-19-13-8-6-11-17(19)3/h6-16,24H,4-5H2,1-3H3. The Kier molecular flexibility index (Phi) is 4.29. The Morgan fingerprint density at radius 3 is 2.31 bits per heavy atom. The lowest BCUT2D eigenvalue weighted by molar-refractivity contribution is 0.871. The third-order valence-electron chi connectivity index (χ3n) is 5.14. The van der Waals surface area contributed by atoms with Crippen molar-refractivity contribution in [3.05, 3.63) is 72.4 Å². The van der Waals surface area contributed by atoms with E-state index in [0.717, 1.165) is 18.8 Å². The van der Waals surface area contributed by atoms with E-state index in [2.05, 4.69) is 102 Å². The molecule has 0 radical (unpaired) electrons. The van der Waals surface area contributed by atoms with E-state index in [1.54, 1.807) is 0 Å². The van der Waals surface area contributed by atoms with Crippen LogP contribution in [0, 0.1) is 6.92 Å². The van der Waals surface area contributed by atoms with Gasteiger partial charge in [-0.05, 0) is 50.6 Å². The highest BCUT2D eigenvalue weighted by molar-refractivity contribution is 6.06. The van der Waals surface area contributed by atoms with Gasteiger partial charge in [0.15, 0.2) is 0 Å². The van der Waals surface area contributed by atoms with Crippen LogP contribution in [0.15, 0.2) is 66.9 Å². The van der Waals surface area contributed by atoms with Crippen LogP contribution in [0.4, 0.5) is 17.1 Å². The molecule has 0 atom stereocenters. The molecule has 0 aliphatic carbocycles. The van der Waals surface area contributed by atoms with Crippen LogP contribution in [0.2, 0.25) is 0 Å². The highest BCUT2D eigenvalue weighted by Gasteiger charge is 2.18. The van der Waals surface area contributed by atoms with E-state index in [1.807, 2.05) is 0 Å². The predicted molar refractivity (Wildman–Crippen MR) is 113 cm³/mol. The smallest absolute Gasteiger partial charge is 0.0873 e. The Hall–Kier alpha value is -2.94. The van der Waals surface area contributed by atoms with Gasteiger partial charge in [-0.1, -0.05) is 36.4 Å². The summed E-state index contributed by atoms with van der Waals surface area (Å²) in [5.74, 6) is 0. The molecule has 0 amide bonds. The number of anilines is 3. The number of nitrogens with one attached hydrogen (secondary N) is 1. The fraction of sp³-hybridized carbons (Fsp3) is 0.217. The summed E-state index contributed by atoms with van der Waals surface area (Å²) < 4.78 is 2.28. The minimum Gasteiger partial charge on any atom is -0.370 e. The number of nitrogens with zero attached hydrogens (tertiary/aromatic N) is 2. The number of rotatable bonds is 5. The van der Waals surface area contributed by atoms with Crippen molar-refractivity contribution in [3.8, 4) is 0 Å². The van der Waals surface area contributed by atoms with Crippen molar-refractivity contribution in [2.24, 2.45) is 0 Å². The average Bonchev–Trinajstić information content (AvgIpc) is 3.16. The maximum Gasteiger partial charge on any atom is 0.0873 e. The summed E-state index contributed by atoms with van der Waals surface area (Å²) in [5.41, 5.74) is 7.29. The molecule has 132 valence electrons. The molecule has 0 saturated heterocycles. The lowest BCUT2D eigenvalue weighted by Crippen LogP contribution is -2.23. The number of hydrogen-bond donors (Lipinski definition) is 1. The summed E-state index contributed by atoms with van der Waals surface area (Å²) >= 11 is 0. The Morgan fingerprint density at radius 2 is 1.54 bits per heavy atom. The summed E-state index contributed by atoms with van der Waals surface area (Å²) in [5, 5.41) is 5.02. The summed E-state index contributed by atoms with van der Waals surface area (Å²) in [6.45, 7) is 8.53. The molecular weight excluding hydrogens is 318 g/mol. The monoisotopic (exact) mass is 343 g/mol. The van der Waals surface area contributed by atoms with Gasteiger partial charge in [0.25, 0.3) is 0 Å². The number of benzene rings is 2. The lowest BCUT2D eigenvalue weighted by atomic mass is 10.1. The molecule has 1 N–H and O–H groups in total. The summed E-state index contributed by atoms with van der Waals surface area (Å²) in [4.78, 5) is 2.44. The van der Waals surface area contributed by atoms with E-state index in [1.165, 1.54) is 33.4 Å². The molecule has 2 heterocycles. The molecule has 3 heteroatoms. The third-order valence-corrected chi connectivity index (χ3v) is 5.14. The average molecular weight is 343 g/mol. The van der Waals surface area contributed by atoms with Gasteiger partial charge in [0.1, 0.15) is 0 Å². The number of hydrogen-bond acceptors (Lipinski definition) is 2. The van der Waals surface area contributed by atoms with Crippen LogP contribution < -0.4 is 10.2 Å². The zero-order chi connectivity index (χ0) is 18.1. The Morgan fingerprint density at radius 1 is 0.846 bits per heavy atom. The van der Waals surface area contributed by atoms with E-state index in [0.29, 0.717) is 0 Å². The first-order valence-electron chi connectivity index (χ1n) is 9.34. The Balaban J connectivity index is 2.06. The molecule has 0 aliphatic heterocycles. The fourth-order valence-electron chi connectivity index (χ4n) is 3.77. The number of aromatic nitrogens is 1. The van der Waals surface area contributed by atoms with Crippen LogP contribution >= 0.6 is 0 Å². The number of pyridine rings is 1. The van der Waals surface area contributed by atoms with Crippen molar-refractivity contribution in [3.63, 3.8) is 0 Å². The first-order valence-corrected chi connectivity index (χ1v) is 9.34. The molecule has 4 aromatic rings. The van der Waals surface area contributed by atoms with E-state index in [4.69, 9.17) is 0 Å². The molecule has 0 fully saturated rings. The van der Waals surface area contributed by atoms with Crippen molar-refractivity contribution in [1.29, 1.82) is 0 Å². The minimum atomic E-state index is 0.972. The van der Waals surface area contributed by atoms with Gasteiger partial charge in [0.2, 0.25) is 0 Å². The molecule has 0 aliphatic rings. The van der Waals surface area contributed by atoms with Gasteiger partial charge in [-0.15, -0.1) is 0 Å². The second-order valence-corrected chi connectivity index (χ2v) is 6.62. The highest BCUT2D eigenvalue weighted by Crippen LogP contribution is 2.40. The normalized spacial score (nSPS) is 11.2. The van der Waals surface area contributed by atoms with Gasteiger partial charge < -0.3 is 14.6 Å². The summed E-state index contributed by atoms with van der Waals surface area (Å²) in [6, 6.07) is 21.5. The van der Waals surface area contributed by atoms with Crippen LogP contribution in [0.5, 0.6) is 0 Å².